The number of aromatic nitrogens is 1. The van der Waals surface area contributed by atoms with Gasteiger partial charge in [-0.15, -0.1) is 0 Å². The van der Waals surface area contributed by atoms with Crippen LogP contribution in [0.25, 0.3) is 0 Å². The molecule has 1 heterocycles. The Morgan fingerprint density at radius 2 is 1.73 bits per heavy atom. The molecule has 0 fully saturated rings. The minimum absolute atomic E-state index is 0.225. The number of hydrogen-bond donors (Lipinski definition) is 2. The van der Waals surface area contributed by atoms with Gasteiger partial charge in [-0.05, 0) is 48.9 Å². The molecule has 6 nitrogen and oxygen atoms in total. The van der Waals surface area contributed by atoms with E-state index in [0.29, 0.717) is 28.6 Å². The van der Waals surface area contributed by atoms with Crippen molar-refractivity contribution in [1.82, 2.24) is 10.3 Å². The third kappa shape index (κ3) is 5.72. The number of carbonyl (C=O) groups excluding carboxylic acids is 2. The molecule has 0 aliphatic rings. The standard InChI is InChI=1S/C22H19Cl2N3O3/c1-14(30-19-4-2-3-18(23)20(19)24)21(28)26-13-15-5-7-16(8-6-15)22(29)27-17-9-11-25-12-10-17/h2-12,14H,13H2,1H3,(H,26,28)(H,25,27,29). The molecule has 1 aromatic heterocycles. The summed E-state index contributed by atoms with van der Waals surface area (Å²) in [4.78, 5) is 28.5. The average molecular weight is 444 g/mol. The van der Waals surface area contributed by atoms with E-state index in [1.807, 2.05) is 0 Å². The van der Waals surface area contributed by atoms with Crippen molar-refractivity contribution in [2.45, 2.75) is 19.6 Å². The van der Waals surface area contributed by atoms with Crippen molar-refractivity contribution < 1.29 is 14.3 Å². The maximum Gasteiger partial charge on any atom is 0.261 e. The van der Waals surface area contributed by atoms with Crippen LogP contribution in [0.15, 0.2) is 67.0 Å². The fourth-order valence-electron chi connectivity index (χ4n) is 2.56. The van der Waals surface area contributed by atoms with Gasteiger partial charge in [0.25, 0.3) is 11.8 Å². The largest absolute Gasteiger partial charge is 0.479 e. The molecule has 3 rings (SSSR count). The molecule has 0 spiro atoms. The summed E-state index contributed by atoms with van der Waals surface area (Å²) in [5.41, 5.74) is 2.02. The zero-order chi connectivity index (χ0) is 21.5. The van der Waals surface area contributed by atoms with E-state index in [1.165, 1.54) is 0 Å². The van der Waals surface area contributed by atoms with E-state index in [1.54, 1.807) is 73.9 Å². The SMILES string of the molecule is CC(Oc1cccc(Cl)c1Cl)C(=O)NCc1ccc(C(=O)Nc2ccncc2)cc1. The second-order valence-corrected chi connectivity index (χ2v) is 7.20. The molecule has 1 unspecified atom stereocenters. The van der Waals surface area contributed by atoms with Crippen LogP contribution < -0.4 is 15.4 Å². The van der Waals surface area contributed by atoms with Crippen LogP contribution in [0.4, 0.5) is 5.69 Å². The summed E-state index contributed by atoms with van der Waals surface area (Å²) in [5.74, 6) is -0.181. The summed E-state index contributed by atoms with van der Waals surface area (Å²) in [6.07, 6.45) is 2.45. The normalized spacial score (nSPS) is 11.4. The van der Waals surface area contributed by atoms with E-state index in [9.17, 15) is 9.59 Å². The lowest BCUT2D eigenvalue weighted by Crippen LogP contribution is -2.36. The third-order valence-corrected chi connectivity index (χ3v) is 5.01. The first kappa shape index (κ1) is 21.6. The molecular formula is C22H19Cl2N3O3. The van der Waals surface area contributed by atoms with Gasteiger partial charge in [-0.3, -0.25) is 14.6 Å². The highest BCUT2D eigenvalue weighted by molar-refractivity contribution is 6.42. The predicted octanol–water partition coefficient (Wildman–Crippen LogP) is 4.72. The third-order valence-electron chi connectivity index (χ3n) is 4.21. The first-order chi connectivity index (χ1) is 14.4. The Kier molecular flexibility index (Phi) is 7.27. The summed E-state index contributed by atoms with van der Waals surface area (Å²) in [7, 11) is 0. The van der Waals surface area contributed by atoms with Crippen molar-refractivity contribution in [3.05, 3.63) is 88.2 Å². The lowest BCUT2D eigenvalue weighted by molar-refractivity contribution is -0.127. The van der Waals surface area contributed by atoms with Crippen LogP contribution >= 0.6 is 23.2 Å². The van der Waals surface area contributed by atoms with Crippen LogP contribution in [-0.4, -0.2) is 22.9 Å². The number of carbonyl (C=O) groups is 2. The summed E-state index contributed by atoms with van der Waals surface area (Å²) < 4.78 is 5.60. The van der Waals surface area contributed by atoms with Crippen molar-refractivity contribution in [3.63, 3.8) is 0 Å². The zero-order valence-corrected chi connectivity index (χ0v) is 17.6. The molecule has 2 N–H and O–H groups in total. The van der Waals surface area contributed by atoms with Gasteiger partial charge in [0, 0.05) is 30.2 Å². The number of halogens is 2. The van der Waals surface area contributed by atoms with Gasteiger partial charge in [0.2, 0.25) is 0 Å². The Morgan fingerprint density at radius 3 is 2.43 bits per heavy atom. The van der Waals surface area contributed by atoms with Gasteiger partial charge in [0.1, 0.15) is 10.8 Å². The van der Waals surface area contributed by atoms with Crippen molar-refractivity contribution >= 4 is 40.7 Å². The van der Waals surface area contributed by atoms with Gasteiger partial charge in [0.15, 0.2) is 6.10 Å². The van der Waals surface area contributed by atoms with E-state index in [-0.39, 0.29) is 16.8 Å². The fraction of sp³-hybridized carbons (Fsp3) is 0.136. The van der Waals surface area contributed by atoms with Crippen LogP contribution in [-0.2, 0) is 11.3 Å². The molecule has 0 aliphatic carbocycles. The first-order valence-electron chi connectivity index (χ1n) is 9.12. The Bertz CT molecular complexity index is 1030. The Morgan fingerprint density at radius 1 is 1.03 bits per heavy atom. The van der Waals surface area contributed by atoms with E-state index in [4.69, 9.17) is 27.9 Å². The van der Waals surface area contributed by atoms with Crippen LogP contribution in [0.1, 0.15) is 22.8 Å². The monoisotopic (exact) mass is 443 g/mol. The maximum atomic E-state index is 12.3. The smallest absolute Gasteiger partial charge is 0.261 e. The highest BCUT2D eigenvalue weighted by atomic mass is 35.5. The van der Waals surface area contributed by atoms with E-state index in [0.717, 1.165) is 5.56 Å². The van der Waals surface area contributed by atoms with E-state index >= 15 is 0 Å². The van der Waals surface area contributed by atoms with Crippen LogP contribution in [0.2, 0.25) is 10.0 Å². The van der Waals surface area contributed by atoms with Crippen LogP contribution in [0.3, 0.4) is 0 Å². The molecular weight excluding hydrogens is 425 g/mol. The number of hydrogen-bond acceptors (Lipinski definition) is 4. The number of rotatable bonds is 7. The number of nitrogens with zero attached hydrogens (tertiary/aromatic N) is 1. The minimum atomic E-state index is -0.758. The fourth-order valence-corrected chi connectivity index (χ4v) is 2.90. The lowest BCUT2D eigenvalue weighted by Gasteiger charge is -2.16. The molecule has 0 saturated carbocycles. The molecule has 154 valence electrons. The molecule has 2 amide bonds. The van der Waals surface area contributed by atoms with Crippen molar-refractivity contribution in [3.8, 4) is 5.75 Å². The number of anilines is 1. The summed E-state index contributed by atoms with van der Waals surface area (Å²) in [6.45, 7) is 1.92. The van der Waals surface area contributed by atoms with Crippen molar-refractivity contribution in [2.75, 3.05) is 5.32 Å². The second kappa shape index (κ2) is 10.1. The number of benzene rings is 2. The van der Waals surface area contributed by atoms with Crippen molar-refractivity contribution in [1.29, 1.82) is 0 Å². The molecule has 0 bridgehead atoms. The molecule has 30 heavy (non-hydrogen) atoms. The van der Waals surface area contributed by atoms with Gasteiger partial charge >= 0.3 is 0 Å². The maximum absolute atomic E-state index is 12.3. The Labute approximate surface area is 184 Å². The number of amides is 2. The van der Waals surface area contributed by atoms with Gasteiger partial charge in [-0.25, -0.2) is 0 Å². The topological polar surface area (TPSA) is 80.3 Å². The van der Waals surface area contributed by atoms with Crippen LogP contribution in [0, 0.1) is 0 Å². The van der Waals surface area contributed by atoms with E-state index in [2.05, 4.69) is 15.6 Å². The minimum Gasteiger partial charge on any atom is -0.479 e. The van der Waals surface area contributed by atoms with Crippen molar-refractivity contribution in [2.24, 2.45) is 0 Å². The van der Waals surface area contributed by atoms with Gasteiger partial charge in [0.05, 0.1) is 5.02 Å². The number of pyridine rings is 1. The average Bonchev–Trinajstić information content (AvgIpc) is 2.76. The summed E-state index contributed by atoms with van der Waals surface area (Å²) >= 11 is 12.0. The van der Waals surface area contributed by atoms with Crippen LogP contribution in [0.5, 0.6) is 5.75 Å². The molecule has 2 aromatic carbocycles. The first-order valence-corrected chi connectivity index (χ1v) is 9.88. The molecule has 8 heteroatoms. The molecule has 0 radical (unpaired) electrons. The predicted molar refractivity (Wildman–Crippen MR) is 117 cm³/mol. The second-order valence-electron chi connectivity index (χ2n) is 6.42. The number of ether oxygens (including phenoxy) is 1. The highest BCUT2D eigenvalue weighted by Gasteiger charge is 2.17. The van der Waals surface area contributed by atoms with Gasteiger partial charge < -0.3 is 15.4 Å². The highest BCUT2D eigenvalue weighted by Crippen LogP contribution is 2.32. The number of nitrogens with one attached hydrogen (secondary N) is 2. The molecule has 0 aliphatic heterocycles. The van der Waals surface area contributed by atoms with E-state index < -0.39 is 6.10 Å². The molecule has 1 atom stereocenters. The lowest BCUT2D eigenvalue weighted by atomic mass is 10.1. The van der Waals surface area contributed by atoms with Gasteiger partial charge in [-0.1, -0.05) is 41.4 Å². The summed E-state index contributed by atoms with van der Waals surface area (Å²) in [6, 6.07) is 15.4. The Balaban J connectivity index is 1.52. The van der Waals surface area contributed by atoms with Gasteiger partial charge in [-0.2, -0.15) is 0 Å². The Hall–Kier alpha value is -3.09. The summed E-state index contributed by atoms with van der Waals surface area (Å²) in [5, 5.41) is 6.20. The zero-order valence-electron chi connectivity index (χ0n) is 16.1. The molecule has 3 aromatic rings. The quantitative estimate of drug-likeness (QED) is 0.553. The molecule has 0 saturated heterocycles.